The predicted molar refractivity (Wildman–Crippen MR) is 108 cm³/mol. The Hall–Kier alpha value is -2.66. The SMILES string of the molecule is O=C(O)C1CCCC(C(=O)Nc2cccc(COCCc3ccccc3)c2)C1. The summed E-state index contributed by atoms with van der Waals surface area (Å²) in [6, 6.07) is 17.8. The number of carboxylic acids is 1. The standard InChI is InChI=1S/C23H27NO4/c25-22(19-9-5-10-20(15-19)23(26)27)24-21-11-4-8-18(14-21)16-28-13-12-17-6-2-1-3-7-17/h1-4,6-8,11,14,19-20H,5,9-10,12-13,15-16H2,(H,24,25)(H,26,27). The highest BCUT2D eigenvalue weighted by Gasteiger charge is 2.31. The zero-order valence-corrected chi connectivity index (χ0v) is 16.0. The van der Waals surface area contributed by atoms with Crippen molar-refractivity contribution in [1.82, 2.24) is 0 Å². The first kappa shape index (κ1) is 20.1. The van der Waals surface area contributed by atoms with Gasteiger partial charge < -0.3 is 15.2 Å². The fourth-order valence-corrected chi connectivity index (χ4v) is 3.66. The Morgan fingerprint density at radius 1 is 1.00 bits per heavy atom. The topological polar surface area (TPSA) is 75.6 Å². The number of carbonyl (C=O) groups excluding carboxylic acids is 1. The van der Waals surface area contributed by atoms with Crippen molar-refractivity contribution in [1.29, 1.82) is 0 Å². The molecule has 0 spiro atoms. The van der Waals surface area contributed by atoms with Gasteiger partial charge >= 0.3 is 5.97 Å². The van der Waals surface area contributed by atoms with Gasteiger partial charge in [-0.3, -0.25) is 9.59 Å². The molecule has 1 fully saturated rings. The summed E-state index contributed by atoms with van der Waals surface area (Å²) in [6.07, 6.45) is 3.48. The number of ether oxygens (including phenoxy) is 1. The minimum absolute atomic E-state index is 0.0897. The van der Waals surface area contributed by atoms with Crippen LogP contribution in [0.5, 0.6) is 0 Å². The number of benzene rings is 2. The van der Waals surface area contributed by atoms with Gasteiger partial charge in [-0.1, -0.05) is 48.9 Å². The van der Waals surface area contributed by atoms with Crippen LogP contribution in [0.15, 0.2) is 54.6 Å². The van der Waals surface area contributed by atoms with E-state index in [1.54, 1.807) is 0 Å². The molecule has 1 aliphatic rings. The Balaban J connectivity index is 1.47. The normalized spacial score (nSPS) is 19.1. The van der Waals surface area contributed by atoms with Crippen molar-refractivity contribution in [2.24, 2.45) is 11.8 Å². The molecule has 2 unspecified atom stereocenters. The third-order valence-electron chi connectivity index (χ3n) is 5.24. The first-order valence-corrected chi connectivity index (χ1v) is 9.86. The smallest absolute Gasteiger partial charge is 0.306 e. The van der Waals surface area contributed by atoms with Crippen LogP contribution in [0.1, 0.15) is 36.8 Å². The number of aliphatic carboxylic acids is 1. The molecular formula is C23H27NO4. The van der Waals surface area contributed by atoms with Crippen LogP contribution in [-0.2, 0) is 27.4 Å². The van der Waals surface area contributed by atoms with Crippen molar-refractivity contribution >= 4 is 17.6 Å². The number of rotatable bonds is 8. The van der Waals surface area contributed by atoms with E-state index >= 15 is 0 Å². The minimum atomic E-state index is -0.799. The summed E-state index contributed by atoms with van der Waals surface area (Å²) in [5, 5.41) is 12.1. The van der Waals surface area contributed by atoms with Crippen LogP contribution in [-0.4, -0.2) is 23.6 Å². The summed E-state index contributed by atoms with van der Waals surface area (Å²) in [5.74, 6) is -1.53. The van der Waals surface area contributed by atoms with Gasteiger partial charge in [0.1, 0.15) is 0 Å². The lowest BCUT2D eigenvalue weighted by Gasteiger charge is -2.25. The molecule has 5 nitrogen and oxygen atoms in total. The molecule has 1 saturated carbocycles. The van der Waals surface area contributed by atoms with Gasteiger partial charge in [-0.25, -0.2) is 0 Å². The molecule has 0 heterocycles. The van der Waals surface area contributed by atoms with Crippen LogP contribution in [0.4, 0.5) is 5.69 Å². The van der Waals surface area contributed by atoms with Crippen molar-refractivity contribution in [3.05, 3.63) is 65.7 Å². The van der Waals surface area contributed by atoms with E-state index < -0.39 is 11.9 Å². The molecule has 0 bridgehead atoms. The number of hydrogen-bond acceptors (Lipinski definition) is 3. The fourth-order valence-electron chi connectivity index (χ4n) is 3.66. The second kappa shape index (κ2) is 10.0. The predicted octanol–water partition coefficient (Wildman–Crippen LogP) is 4.28. The maximum Gasteiger partial charge on any atom is 0.306 e. The lowest BCUT2D eigenvalue weighted by atomic mass is 9.81. The lowest BCUT2D eigenvalue weighted by molar-refractivity contribution is -0.143. The first-order chi connectivity index (χ1) is 13.6. The third-order valence-corrected chi connectivity index (χ3v) is 5.24. The molecular weight excluding hydrogens is 354 g/mol. The molecule has 148 valence electrons. The fraction of sp³-hybridized carbons (Fsp3) is 0.391. The zero-order chi connectivity index (χ0) is 19.8. The molecule has 0 aliphatic heterocycles. The van der Waals surface area contributed by atoms with Crippen molar-refractivity contribution < 1.29 is 19.4 Å². The van der Waals surface area contributed by atoms with Crippen LogP contribution >= 0.6 is 0 Å². The number of nitrogens with one attached hydrogen (secondary N) is 1. The largest absolute Gasteiger partial charge is 0.481 e. The van der Waals surface area contributed by atoms with E-state index in [1.807, 2.05) is 42.5 Å². The highest BCUT2D eigenvalue weighted by molar-refractivity contribution is 5.93. The summed E-state index contributed by atoms with van der Waals surface area (Å²) >= 11 is 0. The van der Waals surface area contributed by atoms with Gasteiger partial charge in [0.25, 0.3) is 0 Å². The summed E-state index contributed by atoms with van der Waals surface area (Å²) in [4.78, 5) is 23.7. The maximum atomic E-state index is 12.5. The molecule has 3 rings (SSSR count). The van der Waals surface area contributed by atoms with Gasteiger partial charge in [-0.15, -0.1) is 0 Å². The second-order valence-corrected chi connectivity index (χ2v) is 7.38. The Morgan fingerprint density at radius 3 is 2.54 bits per heavy atom. The number of amides is 1. The molecule has 2 aromatic carbocycles. The van der Waals surface area contributed by atoms with Crippen LogP contribution in [0.2, 0.25) is 0 Å². The Kier molecular flexibility index (Phi) is 7.20. The van der Waals surface area contributed by atoms with Crippen LogP contribution in [0.25, 0.3) is 0 Å². The van der Waals surface area contributed by atoms with E-state index in [-0.39, 0.29) is 11.8 Å². The van der Waals surface area contributed by atoms with Crippen molar-refractivity contribution in [2.45, 2.75) is 38.7 Å². The summed E-state index contributed by atoms with van der Waals surface area (Å²) in [7, 11) is 0. The molecule has 5 heteroatoms. The molecule has 2 N–H and O–H groups in total. The van der Waals surface area contributed by atoms with Gasteiger partial charge in [0.15, 0.2) is 0 Å². The number of hydrogen-bond donors (Lipinski definition) is 2. The van der Waals surface area contributed by atoms with E-state index in [0.717, 1.165) is 30.5 Å². The van der Waals surface area contributed by atoms with Gasteiger partial charge in [-0.05, 0) is 48.9 Å². The monoisotopic (exact) mass is 381 g/mol. The zero-order valence-electron chi connectivity index (χ0n) is 16.0. The average molecular weight is 381 g/mol. The Bertz CT molecular complexity index is 790. The maximum absolute atomic E-state index is 12.5. The number of carbonyl (C=O) groups is 2. The van der Waals surface area contributed by atoms with Gasteiger partial charge in [0.2, 0.25) is 5.91 Å². The van der Waals surface area contributed by atoms with Crippen LogP contribution < -0.4 is 5.32 Å². The molecule has 2 atom stereocenters. The molecule has 28 heavy (non-hydrogen) atoms. The molecule has 0 aromatic heterocycles. The van der Waals surface area contributed by atoms with Crippen LogP contribution in [0.3, 0.4) is 0 Å². The Labute approximate surface area is 165 Å². The molecule has 1 aliphatic carbocycles. The highest BCUT2D eigenvalue weighted by Crippen LogP contribution is 2.30. The molecule has 2 aromatic rings. The first-order valence-electron chi connectivity index (χ1n) is 9.86. The van der Waals surface area contributed by atoms with E-state index in [9.17, 15) is 14.7 Å². The van der Waals surface area contributed by atoms with E-state index in [1.165, 1.54) is 5.56 Å². The van der Waals surface area contributed by atoms with Crippen molar-refractivity contribution in [3.63, 3.8) is 0 Å². The lowest BCUT2D eigenvalue weighted by Crippen LogP contribution is -2.30. The quantitative estimate of drug-likeness (QED) is 0.670. The van der Waals surface area contributed by atoms with E-state index in [2.05, 4.69) is 17.4 Å². The summed E-state index contributed by atoms with van der Waals surface area (Å²) < 4.78 is 5.76. The summed E-state index contributed by atoms with van der Waals surface area (Å²) in [6.45, 7) is 1.13. The third kappa shape index (κ3) is 5.92. The number of anilines is 1. The minimum Gasteiger partial charge on any atom is -0.481 e. The van der Waals surface area contributed by atoms with E-state index in [0.29, 0.717) is 26.1 Å². The number of carboxylic acid groups (broad SMARTS) is 1. The average Bonchev–Trinajstić information content (AvgIpc) is 2.72. The molecule has 1 amide bonds. The van der Waals surface area contributed by atoms with Gasteiger partial charge in [0.05, 0.1) is 19.1 Å². The molecule has 0 saturated heterocycles. The van der Waals surface area contributed by atoms with Crippen LogP contribution in [0, 0.1) is 11.8 Å². The van der Waals surface area contributed by atoms with Gasteiger partial charge in [-0.2, -0.15) is 0 Å². The van der Waals surface area contributed by atoms with Crippen molar-refractivity contribution in [2.75, 3.05) is 11.9 Å². The molecule has 0 radical (unpaired) electrons. The second-order valence-electron chi connectivity index (χ2n) is 7.38. The Morgan fingerprint density at radius 2 is 1.75 bits per heavy atom. The van der Waals surface area contributed by atoms with Gasteiger partial charge in [0, 0.05) is 11.6 Å². The van der Waals surface area contributed by atoms with E-state index in [4.69, 9.17) is 4.74 Å². The highest BCUT2D eigenvalue weighted by atomic mass is 16.5. The van der Waals surface area contributed by atoms with Crippen molar-refractivity contribution in [3.8, 4) is 0 Å². The summed E-state index contributed by atoms with van der Waals surface area (Å²) in [5.41, 5.74) is 2.97.